The third kappa shape index (κ3) is 11.0. The van der Waals surface area contributed by atoms with Gasteiger partial charge >= 0.3 is 6.03 Å². The lowest BCUT2D eigenvalue weighted by Crippen LogP contribution is -2.63. The van der Waals surface area contributed by atoms with Crippen LogP contribution in [0.1, 0.15) is 99.3 Å². The second-order valence-electron chi connectivity index (χ2n) is 15.4. The van der Waals surface area contributed by atoms with Gasteiger partial charge in [-0.1, -0.05) is 85.4 Å². The summed E-state index contributed by atoms with van der Waals surface area (Å²) < 4.78 is 26.9. The number of Topliss-reactive ketones (excluding diaryl/α,β-unsaturated/α-hetero) is 1. The molecule has 4 N–H and O–H groups in total. The van der Waals surface area contributed by atoms with Gasteiger partial charge in [-0.25, -0.2) is 13.2 Å². The molecular weight excluding hydrogens is 671 g/mol. The van der Waals surface area contributed by atoms with Crippen molar-refractivity contribution in [2.45, 2.75) is 128 Å². The quantitative estimate of drug-likeness (QED) is 0.121. The van der Waals surface area contributed by atoms with Gasteiger partial charge in [0.25, 0.3) is 5.91 Å². The number of amides is 5. The maximum Gasteiger partial charge on any atom is 0.315 e. The molecule has 1 saturated heterocycles. The van der Waals surface area contributed by atoms with Gasteiger partial charge in [0.1, 0.15) is 12.1 Å². The van der Waals surface area contributed by atoms with Gasteiger partial charge in [-0.15, -0.1) is 12.3 Å². The van der Waals surface area contributed by atoms with Gasteiger partial charge in [-0.05, 0) is 55.1 Å². The standard InChI is InChI=1S/C38H57N5O7S/c1-8-10-23-39-34(46)31(44)29(17-9-2)40-33(45)30-28(26(3)4)20-24-43(30)35(47)32(37(5,6)7)41-36(48)42-38(21-15-12-16-22-38)25-51(49,50)27-18-13-11-14-19-27/h1,11,13-14,18-19,26,28-30,32H,9-10,12,15-17,20-25H2,2-7H3,(H,39,46)(H,40,45)(H2,41,42,48)/t28?,29?,30-,32+/m0/s1. The average Bonchev–Trinajstić information content (AvgIpc) is 3.52. The first-order valence-electron chi connectivity index (χ1n) is 18.2. The molecule has 4 atom stereocenters. The van der Waals surface area contributed by atoms with Crippen LogP contribution < -0.4 is 21.3 Å². The molecule has 2 fully saturated rings. The molecule has 0 radical (unpaired) electrons. The van der Waals surface area contributed by atoms with E-state index < -0.39 is 68.5 Å². The maximum absolute atomic E-state index is 14.5. The predicted molar refractivity (Wildman–Crippen MR) is 196 cm³/mol. The summed E-state index contributed by atoms with van der Waals surface area (Å²) in [5, 5.41) is 11.1. The van der Waals surface area contributed by atoms with Crippen LogP contribution in [0.25, 0.3) is 0 Å². The fourth-order valence-electron chi connectivity index (χ4n) is 7.24. The number of sulfone groups is 1. The fourth-order valence-corrected chi connectivity index (χ4v) is 9.06. The summed E-state index contributed by atoms with van der Waals surface area (Å²) in [5.74, 6) is -0.709. The second kappa shape index (κ2) is 18.0. The molecule has 2 aliphatic rings. The van der Waals surface area contributed by atoms with Crippen molar-refractivity contribution in [1.82, 2.24) is 26.2 Å². The Hall–Kier alpha value is -3.92. The number of ketones is 1. The van der Waals surface area contributed by atoms with Crippen molar-refractivity contribution >= 4 is 39.4 Å². The lowest BCUT2D eigenvalue weighted by Gasteiger charge is -2.40. The summed E-state index contributed by atoms with van der Waals surface area (Å²) in [7, 11) is -3.73. The van der Waals surface area contributed by atoms with Crippen molar-refractivity contribution in [2.75, 3.05) is 18.8 Å². The van der Waals surface area contributed by atoms with E-state index in [1.54, 1.807) is 30.3 Å². The molecule has 1 aliphatic heterocycles. The summed E-state index contributed by atoms with van der Waals surface area (Å²) in [6, 6.07) is 4.42. The zero-order chi connectivity index (χ0) is 38.0. The van der Waals surface area contributed by atoms with Crippen molar-refractivity contribution < 1.29 is 32.4 Å². The lowest BCUT2D eigenvalue weighted by atomic mass is 9.83. The molecule has 51 heavy (non-hydrogen) atoms. The molecular formula is C38H57N5O7S. The van der Waals surface area contributed by atoms with E-state index in [9.17, 15) is 32.4 Å². The number of hydrogen-bond acceptors (Lipinski definition) is 7. The molecule has 5 amide bonds. The van der Waals surface area contributed by atoms with Gasteiger partial charge in [-0.2, -0.15) is 0 Å². The first kappa shape index (κ1) is 41.5. The molecule has 1 saturated carbocycles. The molecule has 1 aliphatic carbocycles. The highest BCUT2D eigenvalue weighted by Crippen LogP contribution is 2.34. The van der Waals surface area contributed by atoms with Crippen LogP contribution in [0.3, 0.4) is 0 Å². The van der Waals surface area contributed by atoms with E-state index in [1.807, 2.05) is 41.5 Å². The third-order valence-electron chi connectivity index (χ3n) is 9.99. The van der Waals surface area contributed by atoms with Crippen LogP contribution in [0.4, 0.5) is 4.79 Å². The third-order valence-corrected chi connectivity index (χ3v) is 11.9. The number of nitrogens with zero attached hydrogens (tertiary/aromatic N) is 1. The maximum atomic E-state index is 14.5. The van der Waals surface area contributed by atoms with Crippen LogP contribution in [-0.4, -0.2) is 85.4 Å². The Labute approximate surface area is 303 Å². The fraction of sp³-hybridized carbons (Fsp3) is 0.658. The molecule has 282 valence electrons. The van der Waals surface area contributed by atoms with Crippen molar-refractivity contribution in [1.29, 1.82) is 0 Å². The Morgan fingerprint density at radius 1 is 1.02 bits per heavy atom. The zero-order valence-electron chi connectivity index (χ0n) is 31.0. The largest absolute Gasteiger partial charge is 0.348 e. The summed E-state index contributed by atoms with van der Waals surface area (Å²) in [5.41, 5.74) is -1.81. The molecule has 12 nitrogen and oxygen atoms in total. The van der Waals surface area contributed by atoms with Gasteiger partial charge in [-0.3, -0.25) is 19.2 Å². The molecule has 13 heteroatoms. The SMILES string of the molecule is C#CCCNC(=O)C(=O)C(CCC)NC(=O)[C@@H]1C(C(C)C)CCN1C(=O)[C@@H](NC(=O)NC1(CS(=O)(=O)c2ccccc2)CCCCC1)C(C)(C)C. The molecule has 2 unspecified atom stereocenters. The zero-order valence-corrected chi connectivity index (χ0v) is 31.9. The summed E-state index contributed by atoms with van der Waals surface area (Å²) >= 11 is 0. The summed E-state index contributed by atoms with van der Waals surface area (Å²) in [6.07, 6.45) is 10.2. The van der Waals surface area contributed by atoms with Gasteiger partial charge in [0.15, 0.2) is 9.84 Å². The van der Waals surface area contributed by atoms with E-state index in [-0.39, 0.29) is 48.4 Å². The van der Waals surface area contributed by atoms with Gasteiger partial charge in [0, 0.05) is 19.5 Å². The Balaban J connectivity index is 1.85. The number of urea groups is 1. The minimum atomic E-state index is -3.73. The number of likely N-dealkylation sites (tertiary alicyclic amines) is 1. The molecule has 3 rings (SSSR count). The number of terminal acetylenes is 1. The minimum Gasteiger partial charge on any atom is -0.348 e. The Morgan fingerprint density at radius 3 is 2.24 bits per heavy atom. The topological polar surface area (TPSA) is 171 Å². The predicted octanol–water partition coefficient (Wildman–Crippen LogP) is 3.74. The summed E-state index contributed by atoms with van der Waals surface area (Å²) in [6.45, 7) is 11.6. The molecule has 0 aromatic heterocycles. The van der Waals surface area contributed by atoms with Crippen LogP contribution in [0.5, 0.6) is 0 Å². The molecule has 1 aromatic carbocycles. The number of benzene rings is 1. The van der Waals surface area contributed by atoms with Crippen LogP contribution >= 0.6 is 0 Å². The average molecular weight is 728 g/mol. The molecule has 0 spiro atoms. The van der Waals surface area contributed by atoms with E-state index in [4.69, 9.17) is 6.42 Å². The van der Waals surface area contributed by atoms with E-state index in [0.29, 0.717) is 25.7 Å². The highest BCUT2D eigenvalue weighted by atomic mass is 32.2. The smallest absolute Gasteiger partial charge is 0.315 e. The molecule has 1 heterocycles. The van der Waals surface area contributed by atoms with Crippen LogP contribution in [0.15, 0.2) is 35.2 Å². The number of nitrogens with one attached hydrogen (secondary N) is 4. The van der Waals surface area contributed by atoms with E-state index >= 15 is 0 Å². The van der Waals surface area contributed by atoms with Gasteiger partial charge in [0.2, 0.25) is 17.6 Å². The van der Waals surface area contributed by atoms with Crippen LogP contribution in [-0.2, 0) is 29.0 Å². The first-order valence-corrected chi connectivity index (χ1v) is 19.8. The van der Waals surface area contributed by atoms with Gasteiger partial charge in [0.05, 0.1) is 22.2 Å². The Kier molecular flexibility index (Phi) is 14.7. The van der Waals surface area contributed by atoms with Crippen LogP contribution in [0, 0.1) is 29.6 Å². The number of carbonyl (C=O) groups excluding carboxylic acids is 5. The van der Waals surface area contributed by atoms with Crippen molar-refractivity contribution in [3.63, 3.8) is 0 Å². The van der Waals surface area contributed by atoms with Crippen molar-refractivity contribution in [2.24, 2.45) is 17.3 Å². The highest BCUT2D eigenvalue weighted by Gasteiger charge is 2.48. The highest BCUT2D eigenvalue weighted by molar-refractivity contribution is 7.91. The molecule has 1 aromatic rings. The van der Waals surface area contributed by atoms with Crippen LogP contribution in [0.2, 0.25) is 0 Å². The van der Waals surface area contributed by atoms with Crippen molar-refractivity contribution in [3.05, 3.63) is 30.3 Å². The number of carbonyl (C=O) groups is 5. The van der Waals surface area contributed by atoms with E-state index in [1.165, 1.54) is 4.90 Å². The Morgan fingerprint density at radius 2 is 1.67 bits per heavy atom. The lowest BCUT2D eigenvalue weighted by molar-refractivity contribution is -0.144. The Bertz CT molecular complexity index is 1540. The monoisotopic (exact) mass is 727 g/mol. The van der Waals surface area contributed by atoms with E-state index in [0.717, 1.165) is 19.3 Å². The number of rotatable bonds is 15. The normalized spacial score (nSPS) is 20.1. The minimum absolute atomic E-state index is 0.00741. The first-order chi connectivity index (χ1) is 24.0. The number of hydrogen-bond donors (Lipinski definition) is 4. The molecule has 0 bridgehead atoms. The van der Waals surface area contributed by atoms with Gasteiger partial charge < -0.3 is 26.2 Å². The summed E-state index contributed by atoms with van der Waals surface area (Å²) in [4.78, 5) is 69.6. The van der Waals surface area contributed by atoms with E-state index in [2.05, 4.69) is 27.2 Å². The second-order valence-corrected chi connectivity index (χ2v) is 17.4. The van der Waals surface area contributed by atoms with Crippen molar-refractivity contribution in [3.8, 4) is 12.3 Å².